The van der Waals surface area contributed by atoms with E-state index in [1.165, 1.54) is 23.7 Å². The average molecular weight is 389 g/mol. The summed E-state index contributed by atoms with van der Waals surface area (Å²) in [5, 5.41) is 9.74. The lowest BCUT2D eigenvalue weighted by molar-refractivity contribution is -0.115. The van der Waals surface area contributed by atoms with Gasteiger partial charge in [0.1, 0.15) is 0 Å². The number of anilines is 2. The van der Waals surface area contributed by atoms with E-state index >= 15 is 0 Å². The quantitative estimate of drug-likeness (QED) is 0.544. The minimum absolute atomic E-state index is 0.0629. The maximum atomic E-state index is 12.4. The van der Waals surface area contributed by atoms with Crippen LogP contribution in [-0.4, -0.2) is 26.8 Å². The Kier molecular flexibility index (Phi) is 5.03. The van der Waals surface area contributed by atoms with Crippen LogP contribution in [-0.2, 0) is 11.2 Å². The highest BCUT2D eigenvalue weighted by Crippen LogP contribution is 2.23. The number of carbonyl (C=O) groups excluding carboxylic acids is 2. The van der Waals surface area contributed by atoms with Gasteiger partial charge in [-0.15, -0.1) is 11.3 Å². The van der Waals surface area contributed by atoms with Gasteiger partial charge < -0.3 is 5.32 Å². The molecule has 2 amide bonds. The number of amides is 2. The van der Waals surface area contributed by atoms with Gasteiger partial charge in [-0.3, -0.25) is 14.9 Å². The van der Waals surface area contributed by atoms with E-state index in [0.717, 1.165) is 16.5 Å². The van der Waals surface area contributed by atoms with Crippen LogP contribution in [0, 0.1) is 0 Å². The first-order chi connectivity index (χ1) is 13.7. The normalized spacial score (nSPS) is 10.6. The van der Waals surface area contributed by atoms with Crippen LogP contribution in [0.15, 0.2) is 66.3 Å². The molecule has 2 heterocycles. The molecule has 0 saturated heterocycles. The van der Waals surface area contributed by atoms with Gasteiger partial charge in [0.15, 0.2) is 5.13 Å². The monoisotopic (exact) mass is 389 g/mol. The molecule has 0 atom stereocenters. The second-order valence-electron chi connectivity index (χ2n) is 5.92. The summed E-state index contributed by atoms with van der Waals surface area (Å²) in [5.41, 5.74) is 1.33. The van der Waals surface area contributed by atoms with Crippen LogP contribution in [0.5, 0.6) is 0 Å². The van der Waals surface area contributed by atoms with Crippen molar-refractivity contribution in [3.63, 3.8) is 0 Å². The van der Waals surface area contributed by atoms with Gasteiger partial charge in [0, 0.05) is 28.8 Å². The third kappa shape index (κ3) is 4.02. The molecule has 28 heavy (non-hydrogen) atoms. The van der Waals surface area contributed by atoms with Crippen molar-refractivity contribution in [3.05, 3.63) is 77.8 Å². The van der Waals surface area contributed by atoms with Crippen molar-refractivity contribution in [2.45, 2.75) is 6.42 Å². The Labute approximate surface area is 164 Å². The Morgan fingerprint density at radius 2 is 1.71 bits per heavy atom. The fraction of sp³-hybridized carbons (Fsp3) is 0.0500. The maximum absolute atomic E-state index is 12.4. The highest BCUT2D eigenvalue weighted by atomic mass is 32.1. The lowest BCUT2D eigenvalue weighted by Crippen LogP contribution is -2.16. The van der Waals surface area contributed by atoms with E-state index in [-0.39, 0.29) is 18.2 Å². The van der Waals surface area contributed by atoms with Crippen LogP contribution in [0.4, 0.5) is 10.8 Å². The van der Waals surface area contributed by atoms with Crippen molar-refractivity contribution in [2.24, 2.45) is 0 Å². The molecule has 0 bridgehead atoms. The standard InChI is InChI=1S/C20H15N5O2S/c26-17(24-16-8-3-6-13-5-1-2-7-15(13)16)11-14-12-28-20(23-14)25-19(27)18-21-9-4-10-22-18/h1-10,12H,11H2,(H,24,26)(H,23,25,27). The van der Waals surface area contributed by atoms with Crippen molar-refractivity contribution >= 4 is 44.7 Å². The number of carbonyl (C=O) groups is 2. The Hall–Kier alpha value is -3.65. The lowest BCUT2D eigenvalue weighted by Gasteiger charge is -2.08. The van der Waals surface area contributed by atoms with Crippen molar-refractivity contribution < 1.29 is 9.59 Å². The Morgan fingerprint density at radius 1 is 0.929 bits per heavy atom. The summed E-state index contributed by atoms with van der Waals surface area (Å²) in [5.74, 6) is -0.555. The van der Waals surface area contributed by atoms with Crippen LogP contribution >= 0.6 is 11.3 Å². The second-order valence-corrected chi connectivity index (χ2v) is 6.78. The number of aromatic nitrogens is 3. The molecule has 0 spiro atoms. The first kappa shape index (κ1) is 17.7. The molecule has 0 radical (unpaired) electrons. The number of rotatable bonds is 5. The molecule has 0 fully saturated rings. The smallest absolute Gasteiger partial charge is 0.295 e. The molecule has 0 aliphatic rings. The van der Waals surface area contributed by atoms with Gasteiger partial charge >= 0.3 is 0 Å². The zero-order valence-corrected chi connectivity index (χ0v) is 15.4. The number of hydrogen-bond donors (Lipinski definition) is 2. The van der Waals surface area contributed by atoms with E-state index in [4.69, 9.17) is 0 Å². The van der Waals surface area contributed by atoms with Gasteiger partial charge in [0.2, 0.25) is 11.7 Å². The van der Waals surface area contributed by atoms with Crippen molar-refractivity contribution in [3.8, 4) is 0 Å². The van der Waals surface area contributed by atoms with E-state index in [2.05, 4.69) is 25.6 Å². The fourth-order valence-corrected chi connectivity index (χ4v) is 3.41. The summed E-state index contributed by atoms with van der Waals surface area (Å²) in [6.07, 6.45) is 3.09. The molecule has 0 unspecified atom stereocenters. The molecule has 8 heteroatoms. The van der Waals surface area contributed by atoms with E-state index in [0.29, 0.717) is 10.8 Å². The molecule has 2 aromatic heterocycles. The third-order valence-electron chi connectivity index (χ3n) is 3.95. The molecule has 138 valence electrons. The number of nitrogens with zero attached hydrogens (tertiary/aromatic N) is 3. The molecule has 0 aliphatic heterocycles. The predicted octanol–water partition coefficient (Wildman–Crippen LogP) is 3.52. The Balaban J connectivity index is 1.41. The van der Waals surface area contributed by atoms with E-state index < -0.39 is 5.91 Å². The molecule has 7 nitrogen and oxygen atoms in total. The maximum Gasteiger partial charge on any atom is 0.295 e. The molecule has 0 saturated carbocycles. The fourth-order valence-electron chi connectivity index (χ4n) is 2.71. The molecule has 2 aromatic carbocycles. The molecule has 4 rings (SSSR count). The number of hydrogen-bond acceptors (Lipinski definition) is 6. The van der Waals surface area contributed by atoms with Crippen LogP contribution < -0.4 is 10.6 Å². The highest BCUT2D eigenvalue weighted by Gasteiger charge is 2.13. The number of fused-ring (bicyclic) bond motifs is 1. The highest BCUT2D eigenvalue weighted by molar-refractivity contribution is 7.14. The number of benzene rings is 2. The number of thiazole rings is 1. The minimum Gasteiger partial charge on any atom is -0.325 e. The molecular weight excluding hydrogens is 374 g/mol. The average Bonchev–Trinajstić information content (AvgIpc) is 3.15. The molecular formula is C20H15N5O2S. The summed E-state index contributed by atoms with van der Waals surface area (Å²) in [6.45, 7) is 0. The van der Waals surface area contributed by atoms with Crippen LogP contribution in [0.25, 0.3) is 10.8 Å². The van der Waals surface area contributed by atoms with Crippen LogP contribution in [0.1, 0.15) is 16.3 Å². The summed E-state index contributed by atoms with van der Waals surface area (Å²) < 4.78 is 0. The first-order valence-corrected chi connectivity index (χ1v) is 9.37. The predicted molar refractivity (Wildman–Crippen MR) is 108 cm³/mol. The van der Waals surface area contributed by atoms with Crippen molar-refractivity contribution in [1.29, 1.82) is 0 Å². The largest absolute Gasteiger partial charge is 0.325 e. The minimum atomic E-state index is -0.443. The summed E-state index contributed by atoms with van der Waals surface area (Å²) in [6, 6.07) is 15.3. The van der Waals surface area contributed by atoms with Crippen molar-refractivity contribution in [2.75, 3.05) is 10.6 Å². The van der Waals surface area contributed by atoms with E-state index in [9.17, 15) is 9.59 Å². The summed E-state index contributed by atoms with van der Waals surface area (Å²) in [4.78, 5) is 36.6. The van der Waals surface area contributed by atoms with Crippen molar-refractivity contribution in [1.82, 2.24) is 15.0 Å². The molecule has 4 aromatic rings. The van der Waals surface area contributed by atoms with E-state index in [1.54, 1.807) is 11.4 Å². The van der Waals surface area contributed by atoms with Crippen LogP contribution in [0.2, 0.25) is 0 Å². The van der Waals surface area contributed by atoms with E-state index in [1.807, 2.05) is 42.5 Å². The summed E-state index contributed by atoms with van der Waals surface area (Å²) in [7, 11) is 0. The first-order valence-electron chi connectivity index (χ1n) is 8.49. The third-order valence-corrected chi connectivity index (χ3v) is 4.75. The molecule has 2 N–H and O–H groups in total. The van der Waals surface area contributed by atoms with Gasteiger partial charge in [-0.05, 0) is 17.5 Å². The zero-order valence-electron chi connectivity index (χ0n) is 14.6. The SMILES string of the molecule is O=C(Cc1csc(NC(=O)c2ncccn2)n1)Nc1cccc2ccccc12. The van der Waals surface area contributed by atoms with Gasteiger partial charge in [-0.1, -0.05) is 36.4 Å². The lowest BCUT2D eigenvalue weighted by atomic mass is 10.1. The topological polar surface area (TPSA) is 96.9 Å². The zero-order chi connectivity index (χ0) is 19.3. The Bertz CT molecular complexity index is 1140. The van der Waals surface area contributed by atoms with Gasteiger partial charge in [-0.2, -0.15) is 0 Å². The van der Waals surface area contributed by atoms with Gasteiger partial charge in [-0.25, -0.2) is 15.0 Å². The van der Waals surface area contributed by atoms with Crippen LogP contribution in [0.3, 0.4) is 0 Å². The second kappa shape index (κ2) is 7.93. The summed E-state index contributed by atoms with van der Waals surface area (Å²) >= 11 is 1.24. The Morgan fingerprint density at radius 3 is 2.57 bits per heavy atom. The van der Waals surface area contributed by atoms with Gasteiger partial charge in [0.05, 0.1) is 12.1 Å². The van der Waals surface area contributed by atoms with Gasteiger partial charge in [0.25, 0.3) is 5.91 Å². The number of nitrogens with one attached hydrogen (secondary N) is 2. The molecule has 0 aliphatic carbocycles.